The van der Waals surface area contributed by atoms with Crippen molar-refractivity contribution in [3.8, 4) is 0 Å². The van der Waals surface area contributed by atoms with E-state index in [-0.39, 0.29) is 6.54 Å². The third kappa shape index (κ3) is 2.94. The number of hydrogen-bond acceptors (Lipinski definition) is 4. The van der Waals surface area contributed by atoms with Gasteiger partial charge in [0, 0.05) is 6.07 Å². The average molecular weight is 365 g/mol. The van der Waals surface area contributed by atoms with Crippen LogP contribution in [0.15, 0.2) is 6.07 Å². The van der Waals surface area contributed by atoms with Gasteiger partial charge in [-0.1, -0.05) is 0 Å². The molecule has 0 spiro atoms. The molecule has 100 valence electrons. The number of β-amino-alcohol motifs (C(OH)–C–C–N with tert-alkyl or cyclic N) is 1. The molecule has 1 amide bonds. The van der Waals surface area contributed by atoms with Crippen LogP contribution in [0.25, 0.3) is 0 Å². The van der Waals surface area contributed by atoms with Gasteiger partial charge in [0.15, 0.2) is 0 Å². The van der Waals surface area contributed by atoms with Gasteiger partial charge >= 0.3 is 6.09 Å². The first-order chi connectivity index (χ1) is 8.26. The van der Waals surface area contributed by atoms with Crippen molar-refractivity contribution in [2.45, 2.75) is 39.0 Å². The lowest BCUT2D eigenvalue weighted by molar-refractivity contribution is 0.0527. The van der Waals surface area contributed by atoms with Gasteiger partial charge in [-0.15, -0.1) is 0 Å². The third-order valence-electron chi connectivity index (χ3n) is 2.40. The maximum Gasteiger partial charge on any atom is 0.416 e. The second-order valence-corrected chi connectivity index (χ2v) is 6.36. The summed E-state index contributed by atoms with van der Waals surface area (Å²) in [6.45, 7) is 6.07. The molecule has 1 aliphatic rings. The molecule has 18 heavy (non-hydrogen) atoms. The molecule has 6 nitrogen and oxygen atoms in total. The summed E-state index contributed by atoms with van der Waals surface area (Å²) in [5.41, 5.74) is -0.558. The number of carbonyl (C=O) groups is 1. The molecule has 0 aromatic carbocycles. The Labute approximate surface area is 119 Å². The topological polar surface area (TPSA) is 67.6 Å². The number of carbonyl (C=O) groups excluding carboxylic acids is 1. The third-order valence-corrected chi connectivity index (χ3v) is 2.92. The number of aliphatic hydroxyl groups excluding tert-OH is 1. The van der Waals surface area contributed by atoms with Crippen molar-refractivity contribution < 1.29 is 14.6 Å². The second-order valence-electron chi connectivity index (χ2n) is 5.25. The summed E-state index contributed by atoms with van der Waals surface area (Å²) in [5.74, 6) is 0.666. The number of aromatic nitrogens is 2. The van der Waals surface area contributed by atoms with Crippen LogP contribution in [0, 0.1) is 3.70 Å². The summed E-state index contributed by atoms with van der Waals surface area (Å²) in [6, 6.07) is 1.80. The highest BCUT2D eigenvalue weighted by atomic mass is 127. The Morgan fingerprint density at radius 3 is 2.83 bits per heavy atom. The molecule has 0 bridgehead atoms. The van der Waals surface area contributed by atoms with E-state index in [1.165, 1.54) is 4.90 Å². The van der Waals surface area contributed by atoms with Gasteiger partial charge in [-0.2, -0.15) is 5.10 Å². The molecule has 1 N–H and O–H groups in total. The van der Waals surface area contributed by atoms with Crippen LogP contribution in [-0.4, -0.2) is 39.2 Å². The highest BCUT2D eigenvalue weighted by Crippen LogP contribution is 2.24. The van der Waals surface area contributed by atoms with Crippen molar-refractivity contribution in [2.24, 2.45) is 0 Å². The van der Waals surface area contributed by atoms with Crippen LogP contribution in [-0.2, 0) is 11.3 Å². The maximum absolute atomic E-state index is 12.1. The van der Waals surface area contributed by atoms with Crippen LogP contribution in [0.1, 0.15) is 20.8 Å². The van der Waals surface area contributed by atoms with E-state index in [0.717, 1.165) is 3.70 Å². The standard InChI is InChI=1S/C11H16IN3O3/c1-11(2,3)18-10(17)14-5-7(16)6-15-9(14)4-8(12)13-15/h4,7,16H,5-6H2,1-3H3. The molecule has 7 heteroatoms. The van der Waals surface area contributed by atoms with Gasteiger partial charge in [0.05, 0.1) is 19.2 Å². The van der Waals surface area contributed by atoms with Crippen LogP contribution < -0.4 is 4.90 Å². The average Bonchev–Trinajstić information content (AvgIpc) is 2.53. The molecular formula is C11H16IN3O3. The molecule has 2 heterocycles. The van der Waals surface area contributed by atoms with Crippen LogP contribution >= 0.6 is 22.6 Å². The first kappa shape index (κ1) is 13.6. The summed E-state index contributed by atoms with van der Waals surface area (Å²) in [5, 5.41) is 14.0. The smallest absolute Gasteiger partial charge is 0.416 e. The lowest BCUT2D eigenvalue weighted by Crippen LogP contribution is -2.46. The Hall–Kier alpha value is -0.830. The Balaban J connectivity index is 2.25. The number of ether oxygens (including phenoxy) is 1. The maximum atomic E-state index is 12.1. The fraction of sp³-hybridized carbons (Fsp3) is 0.636. The van der Waals surface area contributed by atoms with Crippen molar-refractivity contribution in [3.05, 3.63) is 9.77 Å². The Kier molecular flexibility index (Phi) is 3.54. The predicted octanol–water partition coefficient (Wildman–Crippen LogP) is 1.60. The first-order valence-corrected chi connectivity index (χ1v) is 6.76. The molecule has 0 radical (unpaired) electrons. The van der Waals surface area contributed by atoms with E-state index < -0.39 is 17.8 Å². The number of halogens is 1. The van der Waals surface area contributed by atoms with Crippen molar-refractivity contribution in [3.63, 3.8) is 0 Å². The molecule has 0 aliphatic carbocycles. The van der Waals surface area contributed by atoms with Crippen LogP contribution in [0.3, 0.4) is 0 Å². The number of aliphatic hydroxyl groups is 1. The SMILES string of the molecule is CC(C)(C)OC(=O)N1CC(O)Cn2nc(I)cc21. The Bertz CT molecular complexity index is 467. The summed E-state index contributed by atoms with van der Waals surface area (Å²) in [4.78, 5) is 13.5. The largest absolute Gasteiger partial charge is 0.443 e. The molecule has 2 rings (SSSR count). The lowest BCUT2D eigenvalue weighted by Gasteiger charge is -2.32. The van der Waals surface area contributed by atoms with Crippen molar-refractivity contribution in [1.82, 2.24) is 9.78 Å². The van der Waals surface area contributed by atoms with Gasteiger partial charge in [-0.05, 0) is 43.4 Å². The van der Waals surface area contributed by atoms with Crippen molar-refractivity contribution in [2.75, 3.05) is 11.4 Å². The zero-order valence-electron chi connectivity index (χ0n) is 10.6. The van der Waals surface area contributed by atoms with E-state index in [1.807, 2.05) is 20.8 Å². The van der Waals surface area contributed by atoms with E-state index in [4.69, 9.17) is 4.74 Å². The number of nitrogens with zero attached hydrogens (tertiary/aromatic N) is 3. The van der Waals surface area contributed by atoms with Crippen LogP contribution in [0.5, 0.6) is 0 Å². The van der Waals surface area contributed by atoms with Crippen molar-refractivity contribution in [1.29, 1.82) is 0 Å². The van der Waals surface area contributed by atoms with E-state index in [9.17, 15) is 9.90 Å². The highest BCUT2D eigenvalue weighted by molar-refractivity contribution is 14.1. The van der Waals surface area contributed by atoms with Gasteiger partial charge < -0.3 is 9.84 Å². The minimum atomic E-state index is -0.624. The molecular weight excluding hydrogens is 349 g/mol. The number of hydrogen-bond donors (Lipinski definition) is 1. The minimum Gasteiger partial charge on any atom is -0.443 e. The Morgan fingerprint density at radius 2 is 2.22 bits per heavy atom. The van der Waals surface area contributed by atoms with E-state index in [2.05, 4.69) is 27.7 Å². The van der Waals surface area contributed by atoms with Crippen molar-refractivity contribution >= 4 is 34.5 Å². The Morgan fingerprint density at radius 1 is 1.56 bits per heavy atom. The fourth-order valence-corrected chi connectivity index (χ4v) is 2.31. The normalized spacial score (nSPS) is 19.6. The second kappa shape index (κ2) is 4.69. The highest BCUT2D eigenvalue weighted by Gasteiger charge is 2.32. The number of amides is 1. The minimum absolute atomic E-state index is 0.233. The summed E-state index contributed by atoms with van der Waals surface area (Å²) in [6.07, 6.45) is -1.08. The molecule has 1 aromatic rings. The quantitative estimate of drug-likeness (QED) is 0.710. The number of anilines is 1. The van der Waals surface area contributed by atoms with Gasteiger partial charge in [-0.25, -0.2) is 9.48 Å². The zero-order chi connectivity index (χ0) is 13.5. The lowest BCUT2D eigenvalue weighted by atomic mass is 10.2. The fourth-order valence-electron chi connectivity index (χ4n) is 1.77. The zero-order valence-corrected chi connectivity index (χ0v) is 12.7. The van der Waals surface area contributed by atoms with Crippen LogP contribution in [0.4, 0.5) is 10.6 Å². The van der Waals surface area contributed by atoms with E-state index in [1.54, 1.807) is 10.7 Å². The molecule has 1 unspecified atom stereocenters. The number of fused-ring (bicyclic) bond motifs is 1. The molecule has 0 saturated carbocycles. The van der Waals surface area contributed by atoms with E-state index in [0.29, 0.717) is 12.4 Å². The predicted molar refractivity (Wildman–Crippen MR) is 74.5 cm³/mol. The van der Waals surface area contributed by atoms with E-state index >= 15 is 0 Å². The molecule has 0 saturated heterocycles. The van der Waals surface area contributed by atoms with Gasteiger partial charge in [0.2, 0.25) is 0 Å². The van der Waals surface area contributed by atoms with Gasteiger partial charge in [-0.3, -0.25) is 4.90 Å². The van der Waals surface area contributed by atoms with Gasteiger partial charge in [0.25, 0.3) is 0 Å². The summed E-state index contributed by atoms with van der Waals surface area (Å²) >= 11 is 2.08. The van der Waals surface area contributed by atoms with Crippen LogP contribution in [0.2, 0.25) is 0 Å². The molecule has 1 atom stereocenters. The van der Waals surface area contributed by atoms with Gasteiger partial charge in [0.1, 0.15) is 15.1 Å². The molecule has 1 aliphatic heterocycles. The molecule has 1 aromatic heterocycles. The number of rotatable bonds is 0. The molecule has 0 fully saturated rings. The first-order valence-electron chi connectivity index (χ1n) is 5.68. The summed E-state index contributed by atoms with van der Waals surface area (Å²) < 4.78 is 7.73. The summed E-state index contributed by atoms with van der Waals surface area (Å²) in [7, 11) is 0. The monoisotopic (exact) mass is 365 g/mol.